The second-order valence-electron chi connectivity index (χ2n) is 12.6. The lowest BCUT2D eigenvalue weighted by atomic mass is 9.46. The highest BCUT2D eigenvalue weighted by Gasteiger charge is 2.60. The number of carbonyl (C=O) groups excluding carboxylic acids is 1. The van der Waals surface area contributed by atoms with Crippen LogP contribution >= 0.6 is 0 Å². The number of hydrogen-bond donors (Lipinski definition) is 3. The van der Waals surface area contributed by atoms with Crippen molar-refractivity contribution in [3.63, 3.8) is 0 Å². The minimum absolute atomic E-state index is 0.0158. The molecule has 3 N–H and O–H groups in total. The smallest absolute Gasteiger partial charge is 0.155 e. The zero-order valence-corrected chi connectivity index (χ0v) is 20.2. The molecule has 4 rings (SSSR count). The zero-order valence-electron chi connectivity index (χ0n) is 20.2. The molecule has 3 saturated carbocycles. The topological polar surface area (TPSA) is 77.8 Å². The van der Waals surface area contributed by atoms with Crippen molar-refractivity contribution >= 4 is 5.78 Å². The molecule has 0 spiro atoms. The predicted molar refractivity (Wildman–Crippen MR) is 122 cm³/mol. The molecule has 4 nitrogen and oxygen atoms in total. The van der Waals surface area contributed by atoms with Gasteiger partial charge >= 0.3 is 0 Å². The van der Waals surface area contributed by atoms with E-state index in [1.165, 1.54) is 25.7 Å². The maximum Gasteiger partial charge on any atom is 0.155 e. The molecule has 0 saturated heterocycles. The molecule has 2 unspecified atom stereocenters. The fourth-order valence-electron chi connectivity index (χ4n) is 8.56. The minimum atomic E-state index is -1.04. The Morgan fingerprint density at radius 2 is 1.84 bits per heavy atom. The van der Waals surface area contributed by atoms with E-state index in [-0.39, 0.29) is 11.2 Å². The van der Waals surface area contributed by atoms with Crippen LogP contribution < -0.4 is 0 Å². The standard InChI is InChI=1S/C27H44O4/c1-16(6-9-24(30)25(2,3)31)19-7-8-20-18-15-23(29)22-14-17(28)10-12-27(22,5)21(18)11-13-26(19,20)4/h14,16,18-21,23-24,29-31H,6-13,15H2,1-5H3/t16-,18+,19-,20+,21+,23?,24?,26-,27-/m1/s1. The van der Waals surface area contributed by atoms with Crippen molar-refractivity contribution in [3.05, 3.63) is 11.6 Å². The number of aliphatic hydroxyl groups excluding tert-OH is 2. The number of hydrogen-bond acceptors (Lipinski definition) is 4. The van der Waals surface area contributed by atoms with Crippen LogP contribution in [0.2, 0.25) is 0 Å². The third-order valence-electron chi connectivity index (χ3n) is 10.4. The second kappa shape index (κ2) is 7.95. The van der Waals surface area contributed by atoms with E-state index in [0.29, 0.717) is 47.8 Å². The average molecular weight is 433 g/mol. The molecule has 0 heterocycles. The highest BCUT2D eigenvalue weighted by atomic mass is 16.3. The predicted octanol–water partition coefficient (Wildman–Crippen LogP) is 4.65. The van der Waals surface area contributed by atoms with E-state index in [1.807, 2.05) is 0 Å². The summed E-state index contributed by atoms with van der Waals surface area (Å²) >= 11 is 0. The molecule has 4 aliphatic rings. The molecule has 0 bridgehead atoms. The molecular weight excluding hydrogens is 388 g/mol. The SMILES string of the molecule is C[C@H](CCC(O)C(C)(C)O)[C@H]1CC[C@H]2[C@@H]3CC(O)C4=CC(=O)CC[C@]4(C)[C@H]3CC[C@]12C. The van der Waals surface area contributed by atoms with Crippen LogP contribution in [-0.4, -0.2) is 38.9 Å². The van der Waals surface area contributed by atoms with Crippen LogP contribution in [0.15, 0.2) is 11.6 Å². The molecule has 0 amide bonds. The van der Waals surface area contributed by atoms with Gasteiger partial charge in [0.05, 0.1) is 17.8 Å². The Morgan fingerprint density at radius 1 is 1.13 bits per heavy atom. The highest BCUT2D eigenvalue weighted by Crippen LogP contribution is 2.67. The Morgan fingerprint density at radius 3 is 2.52 bits per heavy atom. The monoisotopic (exact) mass is 432 g/mol. The molecule has 3 fully saturated rings. The molecule has 0 aromatic carbocycles. The van der Waals surface area contributed by atoms with E-state index in [4.69, 9.17) is 0 Å². The van der Waals surface area contributed by atoms with E-state index in [1.54, 1.807) is 19.9 Å². The van der Waals surface area contributed by atoms with E-state index in [0.717, 1.165) is 24.8 Å². The first-order valence-corrected chi connectivity index (χ1v) is 12.7. The zero-order chi connectivity index (χ0) is 22.8. The first-order chi connectivity index (χ1) is 14.4. The minimum Gasteiger partial charge on any atom is -0.390 e. The van der Waals surface area contributed by atoms with Crippen LogP contribution in [0.3, 0.4) is 0 Å². The van der Waals surface area contributed by atoms with Gasteiger partial charge in [0, 0.05) is 6.42 Å². The van der Waals surface area contributed by atoms with Crippen molar-refractivity contribution in [1.82, 2.24) is 0 Å². The maximum absolute atomic E-state index is 12.1. The summed E-state index contributed by atoms with van der Waals surface area (Å²) in [5, 5.41) is 31.5. The first kappa shape index (κ1) is 23.4. The molecule has 9 atom stereocenters. The van der Waals surface area contributed by atoms with Gasteiger partial charge in [0.15, 0.2) is 5.78 Å². The fourth-order valence-corrected chi connectivity index (χ4v) is 8.56. The maximum atomic E-state index is 12.1. The van der Waals surface area contributed by atoms with Gasteiger partial charge in [0.25, 0.3) is 0 Å². The number of fused-ring (bicyclic) bond motifs is 5. The summed E-state index contributed by atoms with van der Waals surface area (Å²) in [6.45, 7) is 10.5. The van der Waals surface area contributed by atoms with Gasteiger partial charge in [0.1, 0.15) is 0 Å². The van der Waals surface area contributed by atoms with Gasteiger partial charge in [-0.25, -0.2) is 0 Å². The van der Waals surface area contributed by atoms with E-state index < -0.39 is 17.8 Å². The molecule has 4 heteroatoms. The number of aliphatic hydroxyl groups is 3. The summed E-state index contributed by atoms with van der Waals surface area (Å²) in [6.07, 6.45) is 9.48. The van der Waals surface area contributed by atoms with Gasteiger partial charge in [0.2, 0.25) is 0 Å². The molecule has 0 radical (unpaired) electrons. The van der Waals surface area contributed by atoms with E-state index in [2.05, 4.69) is 20.8 Å². The average Bonchev–Trinajstić information content (AvgIpc) is 3.04. The van der Waals surface area contributed by atoms with Crippen molar-refractivity contribution in [2.45, 2.75) is 110 Å². The van der Waals surface area contributed by atoms with Crippen molar-refractivity contribution in [2.75, 3.05) is 0 Å². The van der Waals surface area contributed by atoms with Crippen molar-refractivity contribution in [2.24, 2.45) is 40.4 Å². The summed E-state index contributed by atoms with van der Waals surface area (Å²) in [5.41, 5.74) is 0.262. The fraction of sp³-hybridized carbons (Fsp3) is 0.889. The van der Waals surface area contributed by atoms with E-state index >= 15 is 0 Å². The molecule has 31 heavy (non-hydrogen) atoms. The van der Waals surface area contributed by atoms with Gasteiger partial charge in [-0.15, -0.1) is 0 Å². The van der Waals surface area contributed by atoms with Gasteiger partial charge in [-0.2, -0.15) is 0 Å². The molecule has 176 valence electrons. The Labute approximate surface area is 188 Å². The van der Waals surface area contributed by atoms with Crippen LogP contribution in [0.4, 0.5) is 0 Å². The third kappa shape index (κ3) is 3.85. The summed E-state index contributed by atoms with van der Waals surface area (Å²) < 4.78 is 0. The Balaban J connectivity index is 1.51. The largest absolute Gasteiger partial charge is 0.390 e. The lowest BCUT2D eigenvalue weighted by Crippen LogP contribution is -2.54. The van der Waals surface area contributed by atoms with Crippen LogP contribution in [0, 0.1) is 40.4 Å². The van der Waals surface area contributed by atoms with Crippen LogP contribution in [-0.2, 0) is 4.79 Å². The molecule has 0 aromatic heterocycles. The van der Waals surface area contributed by atoms with Gasteiger partial charge in [-0.3, -0.25) is 4.79 Å². The second-order valence-corrected chi connectivity index (χ2v) is 12.6. The van der Waals surface area contributed by atoms with Crippen LogP contribution in [0.1, 0.15) is 92.4 Å². The molecule has 0 aliphatic heterocycles. The Bertz CT molecular complexity index is 736. The number of carbonyl (C=O) groups is 1. The van der Waals surface area contributed by atoms with Gasteiger partial charge in [-0.1, -0.05) is 20.8 Å². The van der Waals surface area contributed by atoms with E-state index in [9.17, 15) is 20.1 Å². The molecule has 0 aromatic rings. The van der Waals surface area contributed by atoms with Crippen molar-refractivity contribution in [3.8, 4) is 0 Å². The molecular formula is C27H44O4. The summed E-state index contributed by atoms with van der Waals surface area (Å²) in [6, 6.07) is 0. The van der Waals surface area contributed by atoms with Crippen LogP contribution in [0.5, 0.6) is 0 Å². The van der Waals surface area contributed by atoms with Crippen molar-refractivity contribution in [1.29, 1.82) is 0 Å². The first-order valence-electron chi connectivity index (χ1n) is 12.7. The number of rotatable bonds is 5. The quantitative estimate of drug-likeness (QED) is 0.591. The Hall–Kier alpha value is -0.710. The Kier molecular flexibility index (Phi) is 6.02. The lowest BCUT2D eigenvalue weighted by Gasteiger charge is -2.59. The normalized spacial score (nSPS) is 44.7. The van der Waals surface area contributed by atoms with Gasteiger partial charge < -0.3 is 15.3 Å². The van der Waals surface area contributed by atoms with Crippen molar-refractivity contribution < 1.29 is 20.1 Å². The summed E-state index contributed by atoms with van der Waals surface area (Å²) in [5.74, 6) is 3.12. The third-order valence-corrected chi connectivity index (χ3v) is 10.4. The van der Waals surface area contributed by atoms with Gasteiger partial charge in [-0.05, 0) is 117 Å². The highest BCUT2D eigenvalue weighted by molar-refractivity contribution is 5.91. The summed E-state index contributed by atoms with van der Waals surface area (Å²) in [7, 11) is 0. The number of ketones is 1. The summed E-state index contributed by atoms with van der Waals surface area (Å²) in [4.78, 5) is 12.1. The lowest BCUT2D eigenvalue weighted by molar-refractivity contribution is -0.119. The van der Waals surface area contributed by atoms with Crippen LogP contribution in [0.25, 0.3) is 0 Å². The molecule has 4 aliphatic carbocycles.